The second kappa shape index (κ2) is 4.94. The van der Waals surface area contributed by atoms with E-state index in [1.165, 1.54) is 5.56 Å². The molecule has 0 bridgehead atoms. The van der Waals surface area contributed by atoms with Gasteiger partial charge >= 0.3 is 0 Å². The molecule has 1 aliphatic rings. The zero-order valence-electron chi connectivity index (χ0n) is 10.1. The van der Waals surface area contributed by atoms with Crippen molar-refractivity contribution in [3.05, 3.63) is 39.8 Å². The first-order valence-electron chi connectivity index (χ1n) is 5.76. The number of aromatic nitrogens is 3. The van der Waals surface area contributed by atoms with E-state index in [1.807, 2.05) is 13.1 Å². The van der Waals surface area contributed by atoms with E-state index >= 15 is 0 Å². The van der Waals surface area contributed by atoms with Gasteiger partial charge in [0.1, 0.15) is 17.8 Å². The molecule has 98 valence electrons. The van der Waals surface area contributed by atoms with E-state index in [9.17, 15) is 0 Å². The smallest absolute Gasteiger partial charge is 0.224 e. The maximum Gasteiger partial charge on any atom is 0.224 e. The lowest BCUT2D eigenvalue weighted by Crippen LogP contribution is -2.35. The van der Waals surface area contributed by atoms with Crippen LogP contribution in [0.1, 0.15) is 5.56 Å². The van der Waals surface area contributed by atoms with Crippen LogP contribution in [0.5, 0.6) is 0 Å². The number of fused-ring (bicyclic) bond motifs is 1. The van der Waals surface area contributed by atoms with Crippen molar-refractivity contribution in [2.75, 3.05) is 17.3 Å². The molecule has 0 aliphatic carbocycles. The monoisotopic (exact) mass is 339 g/mol. The molecule has 0 saturated heterocycles. The highest BCUT2D eigenvalue weighted by Gasteiger charge is 2.27. The molecule has 19 heavy (non-hydrogen) atoms. The van der Waals surface area contributed by atoms with Gasteiger partial charge < -0.3 is 10.2 Å². The summed E-state index contributed by atoms with van der Waals surface area (Å²) in [5, 5.41) is 3.57. The van der Waals surface area contributed by atoms with Crippen LogP contribution in [0.4, 0.5) is 11.6 Å². The van der Waals surface area contributed by atoms with Crippen LogP contribution >= 0.6 is 27.5 Å². The van der Waals surface area contributed by atoms with Crippen LogP contribution in [0.2, 0.25) is 5.28 Å². The van der Waals surface area contributed by atoms with Gasteiger partial charge in [-0.2, -0.15) is 4.98 Å². The predicted molar refractivity (Wildman–Crippen MR) is 78.5 cm³/mol. The zero-order chi connectivity index (χ0) is 13.4. The first-order valence-corrected chi connectivity index (χ1v) is 6.93. The summed E-state index contributed by atoms with van der Waals surface area (Å²) in [5.74, 6) is 1.68. The number of pyridine rings is 1. The van der Waals surface area contributed by atoms with E-state index in [2.05, 4.69) is 47.2 Å². The molecule has 7 heteroatoms. The third-order valence-corrected chi connectivity index (χ3v) is 3.86. The van der Waals surface area contributed by atoms with Crippen LogP contribution in [0.25, 0.3) is 0 Å². The van der Waals surface area contributed by atoms with Crippen molar-refractivity contribution in [1.29, 1.82) is 0 Å². The second-order valence-electron chi connectivity index (χ2n) is 4.30. The Kier molecular flexibility index (Phi) is 3.28. The third kappa shape index (κ3) is 2.37. The van der Waals surface area contributed by atoms with E-state index < -0.39 is 0 Å². The van der Waals surface area contributed by atoms with Crippen LogP contribution in [0, 0.1) is 0 Å². The molecule has 0 aromatic carbocycles. The van der Waals surface area contributed by atoms with Crippen molar-refractivity contribution < 1.29 is 0 Å². The summed E-state index contributed by atoms with van der Waals surface area (Å²) in [7, 11) is 2.01. The number of hydrogen-bond donors (Lipinski definition) is 1. The van der Waals surface area contributed by atoms with Gasteiger partial charge in [-0.1, -0.05) is 6.07 Å². The van der Waals surface area contributed by atoms with E-state index in [0.717, 1.165) is 16.7 Å². The van der Waals surface area contributed by atoms with Crippen LogP contribution < -0.4 is 10.2 Å². The van der Waals surface area contributed by atoms with E-state index in [1.54, 1.807) is 12.4 Å². The van der Waals surface area contributed by atoms with Gasteiger partial charge in [-0.15, -0.1) is 0 Å². The summed E-state index contributed by atoms with van der Waals surface area (Å²) in [4.78, 5) is 14.6. The molecule has 5 nitrogen and oxygen atoms in total. The van der Waals surface area contributed by atoms with Crippen molar-refractivity contribution in [3.8, 4) is 0 Å². The molecule has 1 N–H and O–H groups in total. The van der Waals surface area contributed by atoms with Gasteiger partial charge in [0.2, 0.25) is 5.28 Å². The number of nitrogens with one attached hydrogen (secondary N) is 1. The molecular formula is C12H11BrClN5. The normalized spacial score (nSPS) is 17.4. The number of halogens is 2. The largest absolute Gasteiger partial charge is 0.349 e. The molecule has 0 radical (unpaired) electrons. The first kappa shape index (κ1) is 12.6. The first-order chi connectivity index (χ1) is 9.15. The Morgan fingerprint density at radius 1 is 1.47 bits per heavy atom. The second-order valence-corrected chi connectivity index (χ2v) is 5.49. The maximum absolute atomic E-state index is 5.82. The highest BCUT2D eigenvalue weighted by Crippen LogP contribution is 2.30. The number of nitrogens with zero attached hydrogens (tertiary/aromatic N) is 4. The quantitative estimate of drug-likeness (QED) is 0.852. The molecule has 0 fully saturated rings. The topological polar surface area (TPSA) is 53.9 Å². The SMILES string of the molecule is CN1c2ncccc2CC1Nc1nc(Cl)ncc1Br. The van der Waals surface area contributed by atoms with Crippen LogP contribution in [-0.2, 0) is 6.42 Å². The average molecular weight is 341 g/mol. The lowest BCUT2D eigenvalue weighted by atomic mass is 10.2. The molecule has 2 aromatic heterocycles. The fourth-order valence-electron chi connectivity index (χ4n) is 2.15. The summed E-state index contributed by atoms with van der Waals surface area (Å²) in [6.45, 7) is 0. The van der Waals surface area contributed by atoms with Crippen LogP contribution in [-0.4, -0.2) is 28.2 Å². The summed E-state index contributed by atoms with van der Waals surface area (Å²) < 4.78 is 0.786. The highest BCUT2D eigenvalue weighted by atomic mass is 79.9. The van der Waals surface area contributed by atoms with Crippen molar-refractivity contribution in [2.45, 2.75) is 12.6 Å². The molecule has 3 heterocycles. The van der Waals surface area contributed by atoms with Gasteiger partial charge in [0.15, 0.2) is 0 Å². The van der Waals surface area contributed by atoms with Crippen LogP contribution in [0.3, 0.4) is 0 Å². The molecule has 1 atom stereocenters. The summed E-state index contributed by atoms with van der Waals surface area (Å²) in [6, 6.07) is 4.04. The third-order valence-electron chi connectivity index (χ3n) is 3.10. The Morgan fingerprint density at radius 2 is 2.32 bits per heavy atom. The van der Waals surface area contributed by atoms with E-state index in [4.69, 9.17) is 11.6 Å². The van der Waals surface area contributed by atoms with Gasteiger partial charge in [0.05, 0.1) is 4.47 Å². The predicted octanol–water partition coefficient (Wildman–Crippen LogP) is 2.72. The molecular weight excluding hydrogens is 330 g/mol. The molecule has 1 unspecified atom stereocenters. The summed E-state index contributed by atoms with van der Waals surface area (Å²) in [6.07, 6.45) is 4.41. The molecule has 3 rings (SSSR count). The minimum Gasteiger partial charge on any atom is -0.349 e. The van der Waals surface area contributed by atoms with Crippen molar-refractivity contribution in [2.24, 2.45) is 0 Å². The minimum atomic E-state index is 0.104. The van der Waals surface area contributed by atoms with Gasteiger partial charge in [0, 0.05) is 25.9 Å². The van der Waals surface area contributed by atoms with E-state index in [0.29, 0.717) is 5.82 Å². The van der Waals surface area contributed by atoms with Gasteiger partial charge in [-0.05, 0) is 39.2 Å². The standard InChI is InChI=1S/C12H11BrClN5/c1-19-9(5-7-3-2-4-15-11(7)19)17-10-8(13)6-16-12(14)18-10/h2-4,6,9H,5H2,1H3,(H,16,17,18). The summed E-state index contributed by atoms with van der Waals surface area (Å²) in [5.41, 5.74) is 1.22. The molecule has 1 aliphatic heterocycles. The summed E-state index contributed by atoms with van der Waals surface area (Å²) >= 11 is 9.23. The number of rotatable bonds is 2. The van der Waals surface area contributed by atoms with Crippen molar-refractivity contribution >= 4 is 39.2 Å². The van der Waals surface area contributed by atoms with E-state index in [-0.39, 0.29) is 11.4 Å². The molecule has 0 spiro atoms. The zero-order valence-corrected chi connectivity index (χ0v) is 12.5. The fourth-order valence-corrected chi connectivity index (χ4v) is 2.59. The maximum atomic E-state index is 5.82. The molecule has 0 saturated carbocycles. The number of hydrogen-bond acceptors (Lipinski definition) is 5. The Hall–Kier alpha value is -1.40. The van der Waals surface area contributed by atoms with Gasteiger partial charge in [0.25, 0.3) is 0 Å². The van der Waals surface area contributed by atoms with Crippen molar-refractivity contribution in [1.82, 2.24) is 15.0 Å². The Labute approximate surface area is 124 Å². The Balaban J connectivity index is 1.85. The van der Waals surface area contributed by atoms with Crippen molar-refractivity contribution in [3.63, 3.8) is 0 Å². The van der Waals surface area contributed by atoms with Gasteiger partial charge in [-0.3, -0.25) is 0 Å². The molecule has 2 aromatic rings. The van der Waals surface area contributed by atoms with Gasteiger partial charge in [-0.25, -0.2) is 9.97 Å². The number of likely N-dealkylation sites (N-methyl/N-ethyl adjacent to an activating group) is 1. The molecule has 0 amide bonds. The number of anilines is 2. The Bertz CT molecular complexity index is 621. The van der Waals surface area contributed by atoms with Crippen LogP contribution in [0.15, 0.2) is 29.0 Å². The highest BCUT2D eigenvalue weighted by molar-refractivity contribution is 9.10. The lowest BCUT2D eigenvalue weighted by Gasteiger charge is -2.23. The fraction of sp³-hybridized carbons (Fsp3) is 0.250. The lowest BCUT2D eigenvalue weighted by molar-refractivity contribution is 0.737. The minimum absolute atomic E-state index is 0.104. The Morgan fingerprint density at radius 3 is 3.11 bits per heavy atom. The average Bonchev–Trinajstić information content (AvgIpc) is 2.72.